The quantitative estimate of drug-likeness (QED) is 0.760. The van der Waals surface area contributed by atoms with Gasteiger partial charge in [-0.3, -0.25) is 4.79 Å². The maximum Gasteiger partial charge on any atom is 0.241 e. The van der Waals surface area contributed by atoms with Crippen LogP contribution in [0.5, 0.6) is 0 Å². The molecule has 0 aliphatic rings. The van der Waals surface area contributed by atoms with E-state index in [4.69, 9.17) is 22.1 Å². The fourth-order valence-corrected chi connectivity index (χ4v) is 1.51. The Morgan fingerprint density at radius 1 is 1.56 bits per heavy atom. The van der Waals surface area contributed by atoms with Crippen molar-refractivity contribution in [1.29, 1.82) is 0 Å². The summed E-state index contributed by atoms with van der Waals surface area (Å²) in [7, 11) is 1.57. The molecule has 1 aromatic carbocycles. The lowest BCUT2D eigenvalue weighted by Crippen LogP contribution is -2.36. The first-order valence-corrected chi connectivity index (χ1v) is 5.31. The fourth-order valence-electron chi connectivity index (χ4n) is 1.25. The van der Waals surface area contributed by atoms with E-state index >= 15 is 0 Å². The van der Waals surface area contributed by atoms with Crippen LogP contribution in [0.25, 0.3) is 0 Å². The molecule has 0 saturated heterocycles. The monoisotopic (exact) mass is 242 g/mol. The van der Waals surface area contributed by atoms with Crippen LogP contribution in [0.15, 0.2) is 24.3 Å². The van der Waals surface area contributed by atoms with Gasteiger partial charge in [-0.2, -0.15) is 0 Å². The van der Waals surface area contributed by atoms with Gasteiger partial charge in [-0.05, 0) is 11.6 Å². The van der Waals surface area contributed by atoms with Gasteiger partial charge >= 0.3 is 0 Å². The zero-order valence-electron chi connectivity index (χ0n) is 9.07. The van der Waals surface area contributed by atoms with Crippen molar-refractivity contribution in [3.63, 3.8) is 0 Å². The summed E-state index contributed by atoms with van der Waals surface area (Å²) in [5.74, 6) is -0.259. The number of halogens is 1. The topological polar surface area (TPSA) is 64.3 Å². The zero-order valence-corrected chi connectivity index (χ0v) is 9.83. The normalized spacial score (nSPS) is 12.2. The molecule has 0 spiro atoms. The molecule has 4 nitrogen and oxygen atoms in total. The van der Waals surface area contributed by atoms with Crippen LogP contribution in [0.2, 0.25) is 5.02 Å². The molecule has 3 N–H and O–H groups in total. The number of benzene rings is 1. The number of hydrogen-bond acceptors (Lipinski definition) is 3. The van der Waals surface area contributed by atoms with E-state index in [-0.39, 0.29) is 5.91 Å². The standard InChI is InChI=1S/C11H15ClN2O2/c1-16-7-6-14-11(15)10(13)8-4-2-3-5-9(8)12/h2-5,10H,6-7,13H2,1H3,(H,14,15). The summed E-state index contributed by atoms with van der Waals surface area (Å²) < 4.78 is 4.82. The van der Waals surface area contributed by atoms with Crippen molar-refractivity contribution in [3.05, 3.63) is 34.9 Å². The Hall–Kier alpha value is -1.10. The van der Waals surface area contributed by atoms with Crippen molar-refractivity contribution < 1.29 is 9.53 Å². The Morgan fingerprint density at radius 2 is 2.25 bits per heavy atom. The molecule has 1 atom stereocenters. The molecular formula is C11H15ClN2O2. The van der Waals surface area contributed by atoms with Crippen molar-refractivity contribution in [2.75, 3.05) is 20.3 Å². The third kappa shape index (κ3) is 3.48. The SMILES string of the molecule is COCCNC(=O)C(N)c1ccccc1Cl. The minimum Gasteiger partial charge on any atom is -0.383 e. The lowest BCUT2D eigenvalue weighted by atomic mass is 10.1. The minimum atomic E-state index is -0.745. The van der Waals surface area contributed by atoms with Crippen LogP contribution >= 0.6 is 11.6 Å². The first-order valence-electron chi connectivity index (χ1n) is 4.93. The van der Waals surface area contributed by atoms with E-state index in [1.165, 1.54) is 0 Å². The van der Waals surface area contributed by atoms with Crippen LogP contribution in [0.3, 0.4) is 0 Å². The number of hydrogen-bond donors (Lipinski definition) is 2. The minimum absolute atomic E-state index is 0.259. The van der Waals surface area contributed by atoms with Crippen LogP contribution < -0.4 is 11.1 Å². The highest BCUT2D eigenvalue weighted by Gasteiger charge is 2.17. The highest BCUT2D eigenvalue weighted by atomic mass is 35.5. The number of carbonyl (C=O) groups excluding carboxylic acids is 1. The first-order chi connectivity index (χ1) is 7.66. The molecule has 16 heavy (non-hydrogen) atoms. The molecule has 0 aliphatic heterocycles. The van der Waals surface area contributed by atoms with Gasteiger partial charge in [-0.15, -0.1) is 0 Å². The van der Waals surface area contributed by atoms with Crippen molar-refractivity contribution in [2.45, 2.75) is 6.04 Å². The Kier molecular flexibility index (Phi) is 5.25. The predicted octanol–water partition coefficient (Wildman–Crippen LogP) is 1.10. The Labute approximate surface area is 99.7 Å². The number of nitrogens with two attached hydrogens (primary N) is 1. The highest BCUT2D eigenvalue weighted by molar-refractivity contribution is 6.31. The Balaban J connectivity index is 2.60. The van der Waals surface area contributed by atoms with E-state index in [0.29, 0.717) is 23.7 Å². The largest absolute Gasteiger partial charge is 0.383 e. The fraction of sp³-hybridized carbons (Fsp3) is 0.364. The van der Waals surface area contributed by atoms with E-state index in [0.717, 1.165) is 0 Å². The van der Waals surface area contributed by atoms with Gasteiger partial charge in [-0.25, -0.2) is 0 Å². The van der Waals surface area contributed by atoms with Gasteiger partial charge in [0.25, 0.3) is 0 Å². The Bertz CT molecular complexity index is 358. The molecule has 1 rings (SSSR count). The number of rotatable bonds is 5. The molecule has 1 aromatic rings. The average molecular weight is 243 g/mol. The molecular weight excluding hydrogens is 228 g/mol. The summed E-state index contributed by atoms with van der Waals surface area (Å²) in [6.07, 6.45) is 0. The number of amides is 1. The average Bonchev–Trinajstić information content (AvgIpc) is 2.29. The smallest absolute Gasteiger partial charge is 0.241 e. The summed E-state index contributed by atoms with van der Waals surface area (Å²) in [6.45, 7) is 0.897. The molecule has 0 aromatic heterocycles. The molecule has 0 aliphatic carbocycles. The summed E-state index contributed by atoms with van der Waals surface area (Å²) in [5, 5.41) is 3.16. The molecule has 88 valence electrons. The highest BCUT2D eigenvalue weighted by Crippen LogP contribution is 2.20. The number of nitrogens with one attached hydrogen (secondary N) is 1. The Morgan fingerprint density at radius 3 is 2.88 bits per heavy atom. The van der Waals surface area contributed by atoms with Crippen LogP contribution in [-0.2, 0) is 9.53 Å². The lowest BCUT2D eigenvalue weighted by molar-refractivity contribution is -0.122. The van der Waals surface area contributed by atoms with Crippen LogP contribution in [0.1, 0.15) is 11.6 Å². The van der Waals surface area contributed by atoms with Crippen molar-refractivity contribution in [3.8, 4) is 0 Å². The molecule has 0 bridgehead atoms. The predicted molar refractivity (Wildman–Crippen MR) is 63.3 cm³/mol. The van der Waals surface area contributed by atoms with Gasteiger partial charge in [0.05, 0.1) is 6.61 Å². The molecule has 1 amide bonds. The molecule has 1 unspecified atom stereocenters. The van der Waals surface area contributed by atoms with E-state index in [1.807, 2.05) is 0 Å². The maximum atomic E-state index is 11.6. The number of carbonyl (C=O) groups is 1. The third-order valence-corrected chi connectivity index (χ3v) is 2.47. The zero-order chi connectivity index (χ0) is 12.0. The first kappa shape index (κ1) is 13.0. The second-order valence-corrected chi connectivity index (χ2v) is 3.69. The van der Waals surface area contributed by atoms with Gasteiger partial charge in [0.2, 0.25) is 5.91 Å². The third-order valence-electron chi connectivity index (χ3n) is 2.13. The number of methoxy groups -OCH3 is 1. The summed E-state index contributed by atoms with van der Waals surface area (Å²) in [6, 6.07) is 6.29. The van der Waals surface area contributed by atoms with Crippen LogP contribution in [-0.4, -0.2) is 26.2 Å². The van der Waals surface area contributed by atoms with Gasteiger partial charge in [0, 0.05) is 18.7 Å². The molecule has 5 heteroatoms. The van der Waals surface area contributed by atoms with Gasteiger partial charge in [-0.1, -0.05) is 29.8 Å². The second-order valence-electron chi connectivity index (χ2n) is 3.28. The maximum absolute atomic E-state index is 11.6. The lowest BCUT2D eigenvalue weighted by Gasteiger charge is -2.13. The van der Waals surface area contributed by atoms with Crippen LogP contribution in [0.4, 0.5) is 0 Å². The van der Waals surface area contributed by atoms with Gasteiger partial charge in [0.1, 0.15) is 6.04 Å². The summed E-state index contributed by atoms with van der Waals surface area (Å²) in [4.78, 5) is 11.6. The van der Waals surface area contributed by atoms with Crippen molar-refractivity contribution in [1.82, 2.24) is 5.32 Å². The van der Waals surface area contributed by atoms with Gasteiger partial charge < -0.3 is 15.8 Å². The van der Waals surface area contributed by atoms with Gasteiger partial charge in [0.15, 0.2) is 0 Å². The molecule has 0 saturated carbocycles. The van der Waals surface area contributed by atoms with E-state index in [9.17, 15) is 4.79 Å². The molecule has 0 heterocycles. The van der Waals surface area contributed by atoms with Crippen molar-refractivity contribution in [2.24, 2.45) is 5.73 Å². The van der Waals surface area contributed by atoms with Crippen LogP contribution in [0, 0.1) is 0 Å². The molecule has 0 radical (unpaired) electrons. The van der Waals surface area contributed by atoms with E-state index in [1.54, 1.807) is 31.4 Å². The van der Waals surface area contributed by atoms with E-state index < -0.39 is 6.04 Å². The summed E-state index contributed by atoms with van der Waals surface area (Å²) in [5.41, 5.74) is 6.41. The number of ether oxygens (including phenoxy) is 1. The summed E-state index contributed by atoms with van der Waals surface area (Å²) >= 11 is 5.94. The van der Waals surface area contributed by atoms with Crippen molar-refractivity contribution >= 4 is 17.5 Å². The van der Waals surface area contributed by atoms with E-state index in [2.05, 4.69) is 5.32 Å². The second kappa shape index (κ2) is 6.48. The molecule has 0 fully saturated rings.